The summed E-state index contributed by atoms with van der Waals surface area (Å²) in [6, 6.07) is 12.9. The summed E-state index contributed by atoms with van der Waals surface area (Å²) in [6.07, 6.45) is 0.957. The lowest BCUT2D eigenvalue weighted by molar-refractivity contribution is -0.119. The Morgan fingerprint density at radius 3 is 2.41 bits per heavy atom. The van der Waals surface area contributed by atoms with E-state index >= 15 is 0 Å². The van der Waals surface area contributed by atoms with Crippen molar-refractivity contribution in [3.05, 3.63) is 64.7 Å². The average Bonchev–Trinajstić information content (AvgIpc) is 2.66. The molecule has 0 fully saturated rings. The number of ether oxygens (including phenoxy) is 2. The highest BCUT2D eigenvalue weighted by atomic mass is 16.5. The minimum atomic E-state index is -0.526. The molecule has 0 unspecified atom stereocenters. The third-order valence-corrected chi connectivity index (χ3v) is 4.11. The number of para-hydroxylation sites is 1. The number of hydrogen-bond acceptors (Lipinski definition) is 4. The van der Waals surface area contributed by atoms with Crippen LogP contribution in [0.2, 0.25) is 0 Å². The number of anilines is 1. The minimum absolute atomic E-state index is 0.148. The molecule has 0 heterocycles. The van der Waals surface area contributed by atoms with Crippen molar-refractivity contribution in [2.24, 2.45) is 0 Å². The molecule has 0 atom stereocenters. The Labute approximate surface area is 160 Å². The van der Waals surface area contributed by atoms with Gasteiger partial charge in [-0.2, -0.15) is 0 Å². The minimum Gasteiger partial charge on any atom is -0.452 e. The van der Waals surface area contributed by atoms with E-state index in [9.17, 15) is 9.59 Å². The van der Waals surface area contributed by atoms with Crippen molar-refractivity contribution in [2.75, 3.05) is 11.9 Å². The van der Waals surface area contributed by atoms with Crippen LogP contribution in [0.3, 0.4) is 0 Å². The second-order valence-corrected chi connectivity index (χ2v) is 6.64. The van der Waals surface area contributed by atoms with Crippen molar-refractivity contribution in [1.82, 2.24) is 0 Å². The first kappa shape index (κ1) is 20.6. The van der Waals surface area contributed by atoms with Gasteiger partial charge in [-0.05, 0) is 56.0 Å². The quantitative estimate of drug-likeness (QED) is 0.706. The molecule has 27 heavy (non-hydrogen) atoms. The van der Waals surface area contributed by atoms with E-state index in [1.807, 2.05) is 58.0 Å². The highest BCUT2D eigenvalue weighted by molar-refractivity contribution is 5.96. The van der Waals surface area contributed by atoms with Gasteiger partial charge in [0.05, 0.1) is 18.3 Å². The maximum absolute atomic E-state index is 12.2. The van der Waals surface area contributed by atoms with Gasteiger partial charge in [0, 0.05) is 5.69 Å². The maximum Gasteiger partial charge on any atom is 0.338 e. The first-order chi connectivity index (χ1) is 12.9. The van der Waals surface area contributed by atoms with Crippen LogP contribution in [0.5, 0.6) is 0 Å². The van der Waals surface area contributed by atoms with Crippen molar-refractivity contribution < 1.29 is 19.1 Å². The van der Waals surface area contributed by atoms with Gasteiger partial charge >= 0.3 is 5.97 Å². The van der Waals surface area contributed by atoms with Gasteiger partial charge in [-0.3, -0.25) is 4.79 Å². The van der Waals surface area contributed by atoms with Crippen molar-refractivity contribution in [3.63, 3.8) is 0 Å². The molecular formula is C22H27NO4. The summed E-state index contributed by atoms with van der Waals surface area (Å²) >= 11 is 0. The van der Waals surface area contributed by atoms with Gasteiger partial charge in [0.1, 0.15) is 0 Å². The van der Waals surface area contributed by atoms with Crippen LogP contribution in [-0.2, 0) is 27.3 Å². The summed E-state index contributed by atoms with van der Waals surface area (Å²) in [4.78, 5) is 24.3. The van der Waals surface area contributed by atoms with Crippen LogP contribution in [0.4, 0.5) is 5.69 Å². The molecule has 2 aromatic rings. The summed E-state index contributed by atoms with van der Waals surface area (Å²) in [5.41, 5.74) is 4.20. The number of nitrogens with one attached hydrogen (secondary N) is 1. The van der Waals surface area contributed by atoms with Crippen LogP contribution in [-0.4, -0.2) is 24.6 Å². The lowest BCUT2D eigenvalue weighted by Gasteiger charge is -2.13. The van der Waals surface area contributed by atoms with E-state index in [2.05, 4.69) is 5.32 Å². The Bertz CT molecular complexity index is 781. The molecule has 2 aromatic carbocycles. The molecule has 0 bridgehead atoms. The predicted octanol–water partition coefficient (Wildman–Crippen LogP) is 4.28. The van der Waals surface area contributed by atoms with Crippen molar-refractivity contribution in [1.29, 1.82) is 0 Å². The Balaban J connectivity index is 1.89. The fourth-order valence-corrected chi connectivity index (χ4v) is 2.59. The summed E-state index contributed by atoms with van der Waals surface area (Å²) < 4.78 is 10.7. The van der Waals surface area contributed by atoms with E-state index in [1.165, 1.54) is 0 Å². The molecule has 0 spiro atoms. The molecule has 0 saturated carbocycles. The molecule has 5 nitrogen and oxygen atoms in total. The molecule has 5 heteroatoms. The van der Waals surface area contributed by atoms with E-state index in [-0.39, 0.29) is 18.6 Å². The van der Waals surface area contributed by atoms with E-state index in [1.54, 1.807) is 12.1 Å². The number of amides is 1. The first-order valence-corrected chi connectivity index (χ1v) is 9.16. The summed E-state index contributed by atoms with van der Waals surface area (Å²) in [7, 11) is 0. The van der Waals surface area contributed by atoms with E-state index in [4.69, 9.17) is 9.47 Å². The van der Waals surface area contributed by atoms with Crippen LogP contribution < -0.4 is 5.32 Å². The third-order valence-electron chi connectivity index (χ3n) is 4.11. The smallest absolute Gasteiger partial charge is 0.338 e. The molecule has 0 saturated heterocycles. The van der Waals surface area contributed by atoms with Crippen molar-refractivity contribution >= 4 is 17.6 Å². The van der Waals surface area contributed by atoms with Gasteiger partial charge < -0.3 is 14.8 Å². The average molecular weight is 369 g/mol. The number of esters is 1. The standard InChI is InChI=1S/C22H27NO4/c1-5-18-8-6-7-16(4)21(18)23-20(24)14-27-22(25)19-11-9-17(10-12-19)13-26-15(2)3/h6-12,15H,5,13-14H2,1-4H3,(H,23,24). The normalized spacial score (nSPS) is 10.7. The van der Waals surface area contributed by atoms with Gasteiger partial charge in [-0.25, -0.2) is 4.79 Å². The van der Waals surface area contributed by atoms with Crippen LogP contribution >= 0.6 is 0 Å². The molecular weight excluding hydrogens is 342 g/mol. The number of carbonyl (C=O) groups excluding carboxylic acids is 2. The number of carbonyl (C=O) groups is 2. The fraction of sp³-hybridized carbons (Fsp3) is 0.364. The molecule has 1 N–H and O–H groups in total. The molecule has 0 aliphatic heterocycles. The summed E-state index contributed by atoms with van der Waals surface area (Å²) in [6.45, 7) is 8.07. The van der Waals surface area contributed by atoms with Crippen molar-refractivity contribution in [2.45, 2.75) is 46.8 Å². The molecule has 0 aliphatic rings. The van der Waals surface area contributed by atoms with E-state index in [0.717, 1.165) is 28.8 Å². The fourth-order valence-electron chi connectivity index (χ4n) is 2.59. The summed E-state index contributed by atoms with van der Waals surface area (Å²) in [5.74, 6) is -0.878. The topological polar surface area (TPSA) is 64.6 Å². The monoisotopic (exact) mass is 369 g/mol. The zero-order chi connectivity index (χ0) is 19.8. The van der Waals surface area contributed by atoms with Gasteiger partial charge in [0.25, 0.3) is 5.91 Å². The van der Waals surface area contributed by atoms with Crippen molar-refractivity contribution in [3.8, 4) is 0 Å². The molecule has 144 valence electrons. The molecule has 1 amide bonds. The SMILES string of the molecule is CCc1cccc(C)c1NC(=O)COC(=O)c1ccc(COC(C)C)cc1. The Morgan fingerprint density at radius 2 is 1.78 bits per heavy atom. The van der Waals surface area contributed by atoms with Crippen LogP contribution in [0.1, 0.15) is 47.8 Å². The van der Waals surface area contributed by atoms with Gasteiger partial charge in [-0.1, -0.05) is 37.3 Å². The second kappa shape index (κ2) is 9.88. The largest absolute Gasteiger partial charge is 0.452 e. The number of aryl methyl sites for hydroxylation is 2. The number of benzene rings is 2. The Morgan fingerprint density at radius 1 is 1.07 bits per heavy atom. The Kier molecular flexibility index (Phi) is 7.55. The summed E-state index contributed by atoms with van der Waals surface area (Å²) in [5, 5.41) is 2.84. The first-order valence-electron chi connectivity index (χ1n) is 9.16. The molecule has 2 rings (SSSR count). The van der Waals surface area contributed by atoms with Crippen LogP contribution in [0.25, 0.3) is 0 Å². The molecule has 0 radical (unpaired) electrons. The van der Waals surface area contributed by atoms with Gasteiger partial charge in [-0.15, -0.1) is 0 Å². The lowest BCUT2D eigenvalue weighted by atomic mass is 10.1. The molecule has 0 aromatic heterocycles. The van der Waals surface area contributed by atoms with Crippen LogP contribution in [0.15, 0.2) is 42.5 Å². The lowest BCUT2D eigenvalue weighted by Crippen LogP contribution is -2.22. The van der Waals surface area contributed by atoms with Gasteiger partial charge in [0.15, 0.2) is 6.61 Å². The Hall–Kier alpha value is -2.66. The van der Waals surface area contributed by atoms with Crippen LogP contribution in [0, 0.1) is 6.92 Å². The zero-order valence-electron chi connectivity index (χ0n) is 16.4. The predicted molar refractivity (Wildman–Crippen MR) is 106 cm³/mol. The maximum atomic E-state index is 12.2. The highest BCUT2D eigenvalue weighted by Gasteiger charge is 2.13. The van der Waals surface area contributed by atoms with E-state index < -0.39 is 5.97 Å². The third kappa shape index (κ3) is 6.22. The second-order valence-electron chi connectivity index (χ2n) is 6.64. The molecule has 0 aliphatic carbocycles. The van der Waals surface area contributed by atoms with E-state index in [0.29, 0.717) is 12.2 Å². The highest BCUT2D eigenvalue weighted by Crippen LogP contribution is 2.21. The number of rotatable bonds is 8. The zero-order valence-corrected chi connectivity index (χ0v) is 16.4. The van der Waals surface area contributed by atoms with Gasteiger partial charge in [0.2, 0.25) is 0 Å². The number of hydrogen-bond donors (Lipinski definition) is 1.